The molecule has 4 nitrogen and oxygen atoms in total. The monoisotopic (exact) mass is 281 g/mol. The maximum absolute atomic E-state index is 12.6. The predicted octanol–water partition coefficient (Wildman–Crippen LogP) is 2.55. The van der Waals surface area contributed by atoms with Gasteiger partial charge >= 0.3 is 0 Å². The maximum atomic E-state index is 12.6. The molecule has 0 radical (unpaired) electrons. The molecular weight excluding hydrogens is 262 g/mol. The summed E-state index contributed by atoms with van der Waals surface area (Å²) in [7, 11) is 0. The molecular formula is C17H19N3O. The first-order valence-corrected chi connectivity index (χ1v) is 7.64. The zero-order valence-corrected chi connectivity index (χ0v) is 11.8. The molecule has 4 atom stereocenters. The van der Waals surface area contributed by atoms with Crippen molar-refractivity contribution < 1.29 is 4.79 Å². The third-order valence-electron chi connectivity index (χ3n) is 5.19. The SMILES string of the molecule is NC1C2CCC(C2)C1C(=O)Nc1cccc2ncccc12. The van der Waals surface area contributed by atoms with Gasteiger partial charge in [0.2, 0.25) is 5.91 Å². The fourth-order valence-electron chi connectivity index (χ4n) is 4.15. The number of nitrogens with zero attached hydrogens (tertiary/aromatic N) is 1. The second-order valence-electron chi connectivity index (χ2n) is 6.30. The van der Waals surface area contributed by atoms with Gasteiger partial charge in [-0.2, -0.15) is 0 Å². The summed E-state index contributed by atoms with van der Waals surface area (Å²) in [6.45, 7) is 0. The van der Waals surface area contributed by atoms with Gasteiger partial charge in [0.25, 0.3) is 0 Å². The molecule has 4 unspecified atom stereocenters. The summed E-state index contributed by atoms with van der Waals surface area (Å²) >= 11 is 0. The summed E-state index contributed by atoms with van der Waals surface area (Å²) in [5.74, 6) is 1.06. The van der Waals surface area contributed by atoms with Gasteiger partial charge in [-0.3, -0.25) is 9.78 Å². The maximum Gasteiger partial charge on any atom is 0.229 e. The van der Waals surface area contributed by atoms with Gasteiger partial charge in [0.15, 0.2) is 0 Å². The topological polar surface area (TPSA) is 68.0 Å². The van der Waals surface area contributed by atoms with Crippen LogP contribution in [0.4, 0.5) is 5.69 Å². The van der Waals surface area contributed by atoms with Gasteiger partial charge in [0, 0.05) is 17.6 Å². The van der Waals surface area contributed by atoms with E-state index in [1.807, 2.05) is 30.3 Å². The number of benzene rings is 1. The van der Waals surface area contributed by atoms with E-state index in [0.29, 0.717) is 11.8 Å². The van der Waals surface area contributed by atoms with Crippen LogP contribution in [0.25, 0.3) is 10.9 Å². The van der Waals surface area contributed by atoms with Crippen molar-refractivity contribution in [3.63, 3.8) is 0 Å². The second kappa shape index (κ2) is 4.81. The molecule has 2 aliphatic rings. The lowest BCUT2D eigenvalue weighted by molar-refractivity contribution is -0.121. The van der Waals surface area contributed by atoms with Crippen molar-refractivity contribution in [3.05, 3.63) is 36.5 Å². The van der Waals surface area contributed by atoms with Crippen LogP contribution in [0.5, 0.6) is 0 Å². The highest BCUT2D eigenvalue weighted by Gasteiger charge is 2.49. The first-order chi connectivity index (χ1) is 10.2. The number of amides is 1. The summed E-state index contributed by atoms with van der Waals surface area (Å²) in [6, 6.07) is 9.71. The molecule has 4 rings (SSSR count). The molecule has 2 saturated carbocycles. The number of fused-ring (bicyclic) bond motifs is 3. The Morgan fingerprint density at radius 1 is 1.19 bits per heavy atom. The first kappa shape index (κ1) is 12.8. The largest absolute Gasteiger partial charge is 0.327 e. The number of pyridine rings is 1. The van der Waals surface area contributed by atoms with Crippen molar-refractivity contribution in [2.75, 3.05) is 5.32 Å². The number of rotatable bonds is 2. The summed E-state index contributed by atoms with van der Waals surface area (Å²) in [6.07, 6.45) is 5.22. The van der Waals surface area contributed by atoms with E-state index in [1.165, 1.54) is 6.42 Å². The van der Waals surface area contributed by atoms with E-state index >= 15 is 0 Å². The van der Waals surface area contributed by atoms with E-state index in [4.69, 9.17) is 5.73 Å². The fraction of sp³-hybridized carbons (Fsp3) is 0.412. The molecule has 2 aromatic rings. The summed E-state index contributed by atoms with van der Waals surface area (Å²) in [4.78, 5) is 17.0. The van der Waals surface area contributed by atoms with Crippen LogP contribution in [-0.4, -0.2) is 16.9 Å². The summed E-state index contributed by atoms with van der Waals surface area (Å²) in [5.41, 5.74) is 7.99. The standard InChI is InChI=1S/C17H19N3O/c18-16-11-7-6-10(9-11)15(16)17(21)20-14-5-1-4-13-12(14)3-2-8-19-13/h1-5,8,10-11,15-16H,6-7,9,18H2,(H,20,21). The molecule has 0 aliphatic heterocycles. The van der Waals surface area contributed by atoms with Crippen LogP contribution >= 0.6 is 0 Å². The number of nitrogens with one attached hydrogen (secondary N) is 1. The van der Waals surface area contributed by atoms with E-state index in [1.54, 1.807) is 6.20 Å². The van der Waals surface area contributed by atoms with Crippen LogP contribution in [0.3, 0.4) is 0 Å². The lowest BCUT2D eigenvalue weighted by Crippen LogP contribution is -2.42. The number of hydrogen-bond acceptors (Lipinski definition) is 3. The molecule has 2 fully saturated rings. The smallest absolute Gasteiger partial charge is 0.229 e. The highest BCUT2D eigenvalue weighted by molar-refractivity contribution is 6.02. The lowest BCUT2D eigenvalue weighted by atomic mass is 9.84. The van der Waals surface area contributed by atoms with Crippen molar-refractivity contribution >= 4 is 22.5 Å². The molecule has 1 aromatic carbocycles. The van der Waals surface area contributed by atoms with Gasteiger partial charge in [-0.15, -0.1) is 0 Å². The summed E-state index contributed by atoms with van der Waals surface area (Å²) < 4.78 is 0. The Balaban J connectivity index is 1.62. The van der Waals surface area contributed by atoms with Gasteiger partial charge < -0.3 is 11.1 Å². The number of aromatic nitrogens is 1. The van der Waals surface area contributed by atoms with E-state index in [0.717, 1.165) is 29.4 Å². The zero-order chi connectivity index (χ0) is 14.4. The third kappa shape index (κ3) is 2.02. The zero-order valence-electron chi connectivity index (χ0n) is 11.8. The Kier molecular flexibility index (Phi) is 2.93. The fourth-order valence-corrected chi connectivity index (χ4v) is 4.15. The molecule has 0 saturated heterocycles. The summed E-state index contributed by atoms with van der Waals surface area (Å²) in [5, 5.41) is 4.06. The van der Waals surface area contributed by atoms with E-state index < -0.39 is 0 Å². The third-order valence-corrected chi connectivity index (χ3v) is 5.19. The van der Waals surface area contributed by atoms with Crippen LogP contribution in [0.1, 0.15) is 19.3 Å². The molecule has 3 N–H and O–H groups in total. The first-order valence-electron chi connectivity index (χ1n) is 7.64. The lowest BCUT2D eigenvalue weighted by Gasteiger charge is -2.27. The molecule has 2 aliphatic carbocycles. The molecule has 1 heterocycles. The van der Waals surface area contributed by atoms with Gasteiger partial charge in [0.05, 0.1) is 17.1 Å². The van der Waals surface area contributed by atoms with Crippen molar-refractivity contribution in [1.82, 2.24) is 4.98 Å². The number of carbonyl (C=O) groups is 1. The molecule has 4 heteroatoms. The van der Waals surface area contributed by atoms with Crippen LogP contribution in [0.15, 0.2) is 36.5 Å². The van der Waals surface area contributed by atoms with Crippen molar-refractivity contribution in [3.8, 4) is 0 Å². The molecule has 108 valence electrons. The Hall–Kier alpha value is -1.94. The minimum atomic E-state index is -0.0318. The Morgan fingerprint density at radius 2 is 2.05 bits per heavy atom. The Bertz CT molecular complexity index is 692. The highest BCUT2D eigenvalue weighted by Crippen LogP contribution is 2.48. The number of nitrogens with two attached hydrogens (primary N) is 1. The molecule has 0 spiro atoms. The van der Waals surface area contributed by atoms with Crippen LogP contribution in [-0.2, 0) is 4.79 Å². The van der Waals surface area contributed by atoms with Gasteiger partial charge in [-0.1, -0.05) is 6.07 Å². The van der Waals surface area contributed by atoms with E-state index in [-0.39, 0.29) is 17.9 Å². The predicted molar refractivity (Wildman–Crippen MR) is 82.7 cm³/mol. The average Bonchev–Trinajstić information content (AvgIpc) is 3.08. The molecule has 21 heavy (non-hydrogen) atoms. The Labute approximate surface area is 123 Å². The van der Waals surface area contributed by atoms with Crippen molar-refractivity contribution in [2.24, 2.45) is 23.5 Å². The minimum Gasteiger partial charge on any atom is -0.327 e. The number of hydrogen-bond donors (Lipinski definition) is 2. The van der Waals surface area contributed by atoms with Gasteiger partial charge in [0.1, 0.15) is 0 Å². The number of carbonyl (C=O) groups excluding carboxylic acids is 1. The molecule has 2 bridgehead atoms. The quantitative estimate of drug-likeness (QED) is 0.889. The van der Waals surface area contributed by atoms with Crippen LogP contribution in [0.2, 0.25) is 0 Å². The normalized spacial score (nSPS) is 30.7. The second-order valence-corrected chi connectivity index (χ2v) is 6.30. The average molecular weight is 281 g/mol. The number of anilines is 1. The van der Waals surface area contributed by atoms with Crippen molar-refractivity contribution in [1.29, 1.82) is 0 Å². The molecule has 1 amide bonds. The molecule has 1 aromatic heterocycles. The minimum absolute atomic E-state index is 0.0249. The highest BCUT2D eigenvalue weighted by atomic mass is 16.2. The van der Waals surface area contributed by atoms with E-state index in [2.05, 4.69) is 10.3 Å². The Morgan fingerprint density at radius 3 is 2.86 bits per heavy atom. The van der Waals surface area contributed by atoms with Crippen LogP contribution in [0, 0.1) is 17.8 Å². The van der Waals surface area contributed by atoms with Gasteiger partial charge in [-0.05, 0) is 55.4 Å². The van der Waals surface area contributed by atoms with E-state index in [9.17, 15) is 4.79 Å². The van der Waals surface area contributed by atoms with Gasteiger partial charge in [-0.25, -0.2) is 0 Å². The van der Waals surface area contributed by atoms with Crippen LogP contribution < -0.4 is 11.1 Å². The van der Waals surface area contributed by atoms with Crippen molar-refractivity contribution in [2.45, 2.75) is 25.3 Å².